The Morgan fingerprint density at radius 1 is 1.27 bits per heavy atom. The Kier molecular flexibility index (Phi) is 4.28. The standard InChI is InChI=1S/C18H23N5O3/c1-10-13(18(26)22-21-10)6-16(24)20-9-15-12-5-11(7-19-8-12)14-3-2-4-17(25)23(14)15/h2-4,11-12,15,19H,5-9H2,1H3,(H,20,24)(H2,21,22,26)/t11-,12+,15+/m1/s1. The first kappa shape index (κ1) is 16.8. The second-order valence-electron chi connectivity index (χ2n) is 7.24. The number of amides is 1. The predicted octanol–water partition coefficient (Wildman–Crippen LogP) is -0.220. The van der Waals surface area contributed by atoms with Crippen molar-refractivity contribution < 1.29 is 4.79 Å². The summed E-state index contributed by atoms with van der Waals surface area (Å²) in [6.07, 6.45) is 1.05. The van der Waals surface area contributed by atoms with E-state index in [0.717, 1.165) is 25.2 Å². The van der Waals surface area contributed by atoms with Crippen LogP contribution >= 0.6 is 0 Å². The monoisotopic (exact) mass is 357 g/mol. The molecule has 138 valence electrons. The van der Waals surface area contributed by atoms with Gasteiger partial charge in [-0.05, 0) is 25.3 Å². The summed E-state index contributed by atoms with van der Waals surface area (Å²) in [5, 5.41) is 11.6. The second kappa shape index (κ2) is 6.60. The maximum Gasteiger partial charge on any atom is 0.267 e. The van der Waals surface area contributed by atoms with Gasteiger partial charge in [-0.25, -0.2) is 0 Å². The molecule has 1 fully saturated rings. The minimum absolute atomic E-state index is 0.0173. The van der Waals surface area contributed by atoms with Crippen LogP contribution in [0.2, 0.25) is 0 Å². The van der Waals surface area contributed by atoms with Crippen molar-refractivity contribution in [3.63, 3.8) is 0 Å². The fraction of sp³-hybridized carbons (Fsp3) is 0.500. The third-order valence-corrected chi connectivity index (χ3v) is 5.64. The highest BCUT2D eigenvalue weighted by Crippen LogP contribution is 2.37. The first-order valence-corrected chi connectivity index (χ1v) is 8.99. The van der Waals surface area contributed by atoms with Crippen LogP contribution in [0.5, 0.6) is 0 Å². The number of aromatic nitrogens is 3. The summed E-state index contributed by atoms with van der Waals surface area (Å²) in [6, 6.07) is 5.32. The quantitative estimate of drug-likeness (QED) is 0.606. The molecule has 0 aliphatic carbocycles. The van der Waals surface area contributed by atoms with E-state index < -0.39 is 0 Å². The van der Waals surface area contributed by atoms with Crippen LogP contribution in [-0.4, -0.2) is 40.3 Å². The van der Waals surface area contributed by atoms with Crippen molar-refractivity contribution in [1.29, 1.82) is 0 Å². The van der Waals surface area contributed by atoms with Crippen LogP contribution in [0.15, 0.2) is 27.8 Å². The van der Waals surface area contributed by atoms with Crippen molar-refractivity contribution in [2.24, 2.45) is 5.92 Å². The molecule has 2 bridgehead atoms. The summed E-state index contributed by atoms with van der Waals surface area (Å²) in [4.78, 5) is 36.5. The first-order chi connectivity index (χ1) is 12.5. The molecule has 0 spiro atoms. The fourth-order valence-corrected chi connectivity index (χ4v) is 4.29. The van der Waals surface area contributed by atoms with E-state index in [-0.39, 0.29) is 29.5 Å². The van der Waals surface area contributed by atoms with E-state index in [1.165, 1.54) is 0 Å². The predicted molar refractivity (Wildman–Crippen MR) is 96.3 cm³/mol. The highest BCUT2D eigenvalue weighted by atomic mass is 16.2. The number of rotatable bonds is 4. The van der Waals surface area contributed by atoms with E-state index in [0.29, 0.717) is 29.6 Å². The smallest absolute Gasteiger partial charge is 0.267 e. The number of H-pyrrole nitrogens is 2. The van der Waals surface area contributed by atoms with E-state index in [9.17, 15) is 14.4 Å². The average Bonchev–Trinajstić information content (AvgIpc) is 2.94. The number of fused-ring (bicyclic) bond motifs is 4. The summed E-state index contributed by atoms with van der Waals surface area (Å²) in [5.74, 6) is 0.435. The van der Waals surface area contributed by atoms with Gasteiger partial charge < -0.3 is 20.3 Å². The number of hydrogen-bond acceptors (Lipinski definition) is 4. The highest BCUT2D eigenvalue weighted by molar-refractivity contribution is 5.78. The van der Waals surface area contributed by atoms with Gasteiger partial charge in [0.05, 0.1) is 12.5 Å². The molecular weight excluding hydrogens is 334 g/mol. The number of hydrogen-bond donors (Lipinski definition) is 4. The number of piperidine rings is 1. The molecule has 0 radical (unpaired) electrons. The van der Waals surface area contributed by atoms with Crippen molar-refractivity contribution in [2.45, 2.75) is 31.7 Å². The molecule has 4 rings (SSSR count). The Morgan fingerprint density at radius 3 is 2.88 bits per heavy atom. The Hall–Kier alpha value is -2.61. The molecule has 1 amide bonds. The topological polar surface area (TPSA) is 112 Å². The molecular formula is C18H23N5O3. The van der Waals surface area contributed by atoms with Crippen LogP contribution in [0.25, 0.3) is 0 Å². The maximum absolute atomic E-state index is 12.5. The molecule has 2 aliphatic rings. The van der Waals surface area contributed by atoms with E-state index in [4.69, 9.17) is 0 Å². The Morgan fingerprint density at radius 2 is 2.12 bits per heavy atom. The number of aryl methyl sites for hydroxylation is 1. The van der Waals surface area contributed by atoms with Crippen LogP contribution in [0, 0.1) is 12.8 Å². The zero-order valence-electron chi connectivity index (χ0n) is 14.7. The van der Waals surface area contributed by atoms with Crippen LogP contribution < -0.4 is 21.8 Å². The third kappa shape index (κ3) is 2.90. The lowest BCUT2D eigenvalue weighted by molar-refractivity contribution is -0.120. The fourth-order valence-electron chi connectivity index (χ4n) is 4.29. The molecule has 2 aliphatic heterocycles. The SMILES string of the molecule is Cc1[nH][nH]c(=O)c1CC(=O)NC[C@H]1[C@@H]2CNC[C@@H](C2)c2cccc(=O)n21. The van der Waals surface area contributed by atoms with Gasteiger partial charge in [0.25, 0.3) is 11.1 Å². The first-order valence-electron chi connectivity index (χ1n) is 8.99. The molecule has 26 heavy (non-hydrogen) atoms. The van der Waals surface area contributed by atoms with Crippen molar-refractivity contribution in [2.75, 3.05) is 19.6 Å². The number of pyridine rings is 1. The van der Waals surface area contributed by atoms with Crippen LogP contribution in [0.4, 0.5) is 0 Å². The lowest BCUT2D eigenvalue weighted by atomic mass is 9.79. The van der Waals surface area contributed by atoms with Crippen molar-refractivity contribution in [1.82, 2.24) is 25.4 Å². The molecule has 1 saturated heterocycles. The summed E-state index contributed by atoms with van der Waals surface area (Å²) >= 11 is 0. The van der Waals surface area contributed by atoms with Crippen LogP contribution in [0.3, 0.4) is 0 Å². The number of carbonyl (C=O) groups excluding carboxylic acids is 1. The van der Waals surface area contributed by atoms with E-state index in [1.54, 1.807) is 19.1 Å². The minimum Gasteiger partial charge on any atom is -0.354 e. The number of nitrogens with zero attached hydrogens (tertiary/aromatic N) is 1. The van der Waals surface area contributed by atoms with Crippen LogP contribution in [0.1, 0.15) is 35.3 Å². The zero-order chi connectivity index (χ0) is 18.3. The van der Waals surface area contributed by atoms with E-state index >= 15 is 0 Å². The number of nitrogens with one attached hydrogen (secondary N) is 4. The van der Waals surface area contributed by atoms with Crippen molar-refractivity contribution in [3.05, 3.63) is 55.9 Å². The normalized spacial score (nSPS) is 24.1. The zero-order valence-corrected chi connectivity index (χ0v) is 14.7. The lowest BCUT2D eigenvalue weighted by Gasteiger charge is -2.43. The molecule has 0 saturated carbocycles. The third-order valence-electron chi connectivity index (χ3n) is 5.64. The van der Waals surface area contributed by atoms with Crippen molar-refractivity contribution >= 4 is 5.91 Å². The van der Waals surface area contributed by atoms with Gasteiger partial charge in [-0.2, -0.15) is 0 Å². The van der Waals surface area contributed by atoms with Gasteiger partial charge in [-0.1, -0.05) is 6.07 Å². The van der Waals surface area contributed by atoms with Crippen molar-refractivity contribution in [3.8, 4) is 0 Å². The maximum atomic E-state index is 12.5. The summed E-state index contributed by atoms with van der Waals surface area (Å²) < 4.78 is 1.86. The summed E-state index contributed by atoms with van der Waals surface area (Å²) in [6.45, 7) is 3.87. The van der Waals surface area contributed by atoms with Gasteiger partial charge in [0.15, 0.2) is 0 Å². The summed E-state index contributed by atoms with van der Waals surface area (Å²) in [5.41, 5.74) is 1.87. The molecule has 2 aromatic rings. The van der Waals surface area contributed by atoms with Gasteiger partial charge >= 0.3 is 0 Å². The van der Waals surface area contributed by atoms with E-state index in [2.05, 4.69) is 20.8 Å². The van der Waals surface area contributed by atoms with E-state index in [1.807, 2.05) is 10.6 Å². The lowest BCUT2D eigenvalue weighted by Crippen LogP contribution is -2.50. The van der Waals surface area contributed by atoms with Gasteiger partial charge in [0, 0.05) is 48.6 Å². The molecule has 4 heterocycles. The highest BCUT2D eigenvalue weighted by Gasteiger charge is 2.37. The molecule has 0 aromatic carbocycles. The molecule has 0 unspecified atom stereocenters. The largest absolute Gasteiger partial charge is 0.354 e. The van der Waals surface area contributed by atoms with Gasteiger partial charge in [0.1, 0.15) is 0 Å². The number of carbonyl (C=O) groups is 1. The number of aromatic amines is 2. The van der Waals surface area contributed by atoms with Gasteiger partial charge in [-0.3, -0.25) is 19.5 Å². The molecule has 8 heteroatoms. The molecule has 4 N–H and O–H groups in total. The van der Waals surface area contributed by atoms with Gasteiger partial charge in [-0.15, -0.1) is 0 Å². The molecule has 3 atom stereocenters. The Balaban J connectivity index is 1.53. The van der Waals surface area contributed by atoms with Crippen LogP contribution in [-0.2, 0) is 11.2 Å². The second-order valence-corrected chi connectivity index (χ2v) is 7.24. The average molecular weight is 357 g/mol. The molecule has 8 nitrogen and oxygen atoms in total. The molecule has 2 aromatic heterocycles. The van der Waals surface area contributed by atoms with Gasteiger partial charge in [0.2, 0.25) is 5.91 Å². The summed E-state index contributed by atoms with van der Waals surface area (Å²) in [7, 11) is 0. The Labute approximate surface area is 150 Å². The minimum atomic E-state index is -0.267. The Bertz CT molecular complexity index is 941.